The van der Waals surface area contributed by atoms with Crippen LogP contribution >= 0.6 is 0 Å². The molecule has 0 heterocycles. The van der Waals surface area contributed by atoms with Crippen molar-refractivity contribution in [1.82, 2.24) is 0 Å². The van der Waals surface area contributed by atoms with Gasteiger partial charge in [-0.1, -0.05) is 70.4 Å². The van der Waals surface area contributed by atoms with E-state index in [-0.39, 0.29) is 0 Å². The number of hydrogen-bond donors (Lipinski definition) is 0. The van der Waals surface area contributed by atoms with E-state index in [1.54, 1.807) is 12.1 Å². The Morgan fingerprint density at radius 1 is 0.722 bits per heavy atom. The van der Waals surface area contributed by atoms with Gasteiger partial charge in [-0.2, -0.15) is 8.78 Å². The summed E-state index contributed by atoms with van der Waals surface area (Å²) in [6.45, 7) is 2.28. The van der Waals surface area contributed by atoms with Crippen LogP contribution in [0.3, 0.4) is 0 Å². The van der Waals surface area contributed by atoms with Crippen LogP contribution in [-0.2, 0) is 6.11 Å². The maximum absolute atomic E-state index is 14.6. The third-order valence-corrected chi connectivity index (χ3v) is 8.41. The molecule has 2 aromatic rings. The lowest BCUT2D eigenvalue weighted by Crippen LogP contribution is -2.22. The molecule has 0 radical (unpaired) electrons. The minimum atomic E-state index is -3.80. The van der Waals surface area contributed by atoms with Crippen molar-refractivity contribution < 1.29 is 26.7 Å². The van der Waals surface area contributed by atoms with Crippen LogP contribution in [0.5, 0.6) is 5.75 Å². The van der Waals surface area contributed by atoms with Crippen LogP contribution in [0.25, 0.3) is 0 Å². The number of hydrogen-bond acceptors (Lipinski definition) is 1. The smallest absolute Gasteiger partial charge is 0.426 e. The molecule has 1 nitrogen and oxygen atoms in total. The maximum Gasteiger partial charge on any atom is 0.426 e. The van der Waals surface area contributed by atoms with Crippen LogP contribution in [0.4, 0.5) is 22.0 Å². The summed E-state index contributed by atoms with van der Waals surface area (Å²) in [5.74, 6) is -2.68. The number of ether oxygens (including phenoxy) is 1. The summed E-state index contributed by atoms with van der Waals surface area (Å²) < 4.78 is 73.4. The molecule has 0 bridgehead atoms. The zero-order valence-corrected chi connectivity index (χ0v) is 21.1. The average molecular weight is 509 g/mol. The lowest BCUT2D eigenvalue weighted by molar-refractivity contribution is -0.185. The first-order valence-corrected chi connectivity index (χ1v) is 13.6. The topological polar surface area (TPSA) is 9.23 Å². The quantitative estimate of drug-likeness (QED) is 0.242. The Morgan fingerprint density at radius 2 is 1.19 bits per heavy atom. The second-order valence-electron chi connectivity index (χ2n) is 10.9. The highest BCUT2D eigenvalue weighted by Gasteiger charge is 2.35. The van der Waals surface area contributed by atoms with Gasteiger partial charge in [-0.05, 0) is 67.1 Å². The van der Waals surface area contributed by atoms with Crippen molar-refractivity contribution in [2.75, 3.05) is 0 Å². The summed E-state index contributed by atoms with van der Waals surface area (Å²) in [5, 5.41) is 0. The molecule has 4 rings (SSSR count). The van der Waals surface area contributed by atoms with Crippen molar-refractivity contribution in [3.05, 3.63) is 65.0 Å². The molecule has 0 spiro atoms. The molecule has 36 heavy (non-hydrogen) atoms. The Morgan fingerprint density at radius 3 is 1.69 bits per heavy atom. The molecule has 2 saturated carbocycles. The highest BCUT2D eigenvalue weighted by Crippen LogP contribution is 2.41. The van der Waals surface area contributed by atoms with E-state index in [1.807, 2.05) is 0 Å². The molecule has 2 aliphatic carbocycles. The molecule has 0 aliphatic heterocycles. The Labute approximate surface area is 211 Å². The first-order valence-electron chi connectivity index (χ1n) is 13.6. The van der Waals surface area contributed by atoms with Crippen molar-refractivity contribution in [2.24, 2.45) is 17.8 Å². The Balaban J connectivity index is 1.25. The van der Waals surface area contributed by atoms with E-state index in [0.29, 0.717) is 18.1 Å². The average Bonchev–Trinajstić information content (AvgIpc) is 2.87. The molecule has 0 unspecified atom stereocenters. The summed E-state index contributed by atoms with van der Waals surface area (Å²) in [6, 6.07) is 6.81. The van der Waals surface area contributed by atoms with E-state index in [9.17, 15) is 22.0 Å². The molecule has 2 aromatic carbocycles. The second-order valence-corrected chi connectivity index (χ2v) is 10.9. The van der Waals surface area contributed by atoms with Gasteiger partial charge in [0.25, 0.3) is 0 Å². The molecule has 2 aliphatic rings. The first-order chi connectivity index (χ1) is 17.2. The number of alkyl halides is 2. The van der Waals surface area contributed by atoms with Crippen molar-refractivity contribution in [3.63, 3.8) is 0 Å². The minimum Gasteiger partial charge on any atom is -0.429 e. The van der Waals surface area contributed by atoms with E-state index in [4.69, 9.17) is 0 Å². The molecule has 198 valence electrons. The monoisotopic (exact) mass is 508 g/mol. The third-order valence-electron chi connectivity index (χ3n) is 8.41. The Bertz CT molecular complexity index is 950. The van der Waals surface area contributed by atoms with E-state index >= 15 is 0 Å². The fourth-order valence-corrected chi connectivity index (χ4v) is 6.22. The summed E-state index contributed by atoms with van der Waals surface area (Å²) in [4.78, 5) is 0. The maximum atomic E-state index is 14.6. The van der Waals surface area contributed by atoms with Crippen LogP contribution in [-0.4, -0.2) is 0 Å². The van der Waals surface area contributed by atoms with Crippen LogP contribution < -0.4 is 4.74 Å². The zero-order valence-electron chi connectivity index (χ0n) is 21.1. The van der Waals surface area contributed by atoms with Gasteiger partial charge in [0.15, 0.2) is 17.5 Å². The fourth-order valence-electron chi connectivity index (χ4n) is 6.22. The van der Waals surface area contributed by atoms with Gasteiger partial charge in [0.05, 0.1) is 5.56 Å². The van der Waals surface area contributed by atoms with Crippen LogP contribution in [0.2, 0.25) is 0 Å². The van der Waals surface area contributed by atoms with E-state index in [0.717, 1.165) is 36.2 Å². The summed E-state index contributed by atoms with van der Waals surface area (Å²) >= 11 is 0. The minimum absolute atomic E-state index is 0.356. The fraction of sp³-hybridized carbons (Fsp3) is 0.600. The van der Waals surface area contributed by atoms with Gasteiger partial charge in [0.2, 0.25) is 0 Å². The largest absolute Gasteiger partial charge is 0.429 e. The van der Waals surface area contributed by atoms with Crippen LogP contribution in [0.15, 0.2) is 36.4 Å². The van der Waals surface area contributed by atoms with Gasteiger partial charge in [0, 0.05) is 12.1 Å². The molecule has 0 atom stereocenters. The predicted octanol–water partition coefficient (Wildman–Crippen LogP) is 9.89. The number of benzene rings is 2. The summed E-state index contributed by atoms with van der Waals surface area (Å²) in [7, 11) is 0. The van der Waals surface area contributed by atoms with Gasteiger partial charge in [-0.25, -0.2) is 13.2 Å². The number of rotatable bonds is 9. The third kappa shape index (κ3) is 6.80. The summed E-state index contributed by atoms with van der Waals surface area (Å²) in [6.07, 6.45) is 11.6. The molecule has 0 aromatic heterocycles. The molecular weight excluding hydrogens is 471 g/mol. The predicted molar refractivity (Wildman–Crippen MR) is 132 cm³/mol. The molecule has 0 saturated heterocycles. The molecule has 2 fully saturated rings. The number of halogens is 5. The van der Waals surface area contributed by atoms with E-state index < -0.39 is 34.9 Å². The van der Waals surface area contributed by atoms with Crippen molar-refractivity contribution in [1.29, 1.82) is 0 Å². The van der Waals surface area contributed by atoms with Gasteiger partial charge < -0.3 is 4.74 Å². The highest BCUT2D eigenvalue weighted by atomic mass is 19.3. The molecule has 6 heteroatoms. The van der Waals surface area contributed by atoms with E-state index in [1.165, 1.54) is 76.3 Å². The molecule has 0 amide bonds. The normalized spacial score (nSPS) is 25.1. The highest BCUT2D eigenvalue weighted by molar-refractivity contribution is 5.30. The SMILES string of the molecule is CCC[C@H]1CC[C@H](CCC2CCC(c3ccc(C(F)(F)Oc4cc(F)c(F)c(F)c4)cc3)CC2)CC1. The van der Waals surface area contributed by atoms with Gasteiger partial charge in [0.1, 0.15) is 5.75 Å². The van der Waals surface area contributed by atoms with Crippen molar-refractivity contribution in [3.8, 4) is 5.75 Å². The van der Waals surface area contributed by atoms with Gasteiger partial charge in [-0.3, -0.25) is 0 Å². The Kier molecular flexibility index (Phi) is 8.95. The van der Waals surface area contributed by atoms with E-state index in [2.05, 4.69) is 11.7 Å². The van der Waals surface area contributed by atoms with Gasteiger partial charge in [-0.15, -0.1) is 0 Å². The molecular formula is C30H37F5O. The van der Waals surface area contributed by atoms with Crippen molar-refractivity contribution >= 4 is 0 Å². The van der Waals surface area contributed by atoms with Crippen LogP contribution in [0.1, 0.15) is 101 Å². The second kappa shape index (κ2) is 12.0. The first kappa shape index (κ1) is 26.9. The van der Waals surface area contributed by atoms with Gasteiger partial charge >= 0.3 is 6.11 Å². The lowest BCUT2D eigenvalue weighted by atomic mass is 9.74. The van der Waals surface area contributed by atoms with Crippen molar-refractivity contribution in [2.45, 2.75) is 96.0 Å². The molecule has 0 N–H and O–H groups in total. The summed E-state index contributed by atoms with van der Waals surface area (Å²) in [5.41, 5.74) is 0.611. The lowest BCUT2D eigenvalue weighted by Gasteiger charge is -2.32. The Hall–Kier alpha value is -2.11. The zero-order chi connectivity index (χ0) is 25.7. The standard InChI is InChI=1S/C30H37F5O/c1-2-3-20-4-6-21(7-5-20)8-9-22-10-12-23(13-11-22)24-14-16-25(17-15-24)30(34,35)36-26-18-27(31)29(33)28(32)19-26/h14-23H,2-13H2,1H3/t20-,21-,22?,23?. The van der Waals surface area contributed by atoms with Crippen LogP contribution in [0, 0.1) is 35.2 Å².